The molecule has 0 saturated carbocycles. The number of aliphatic carboxylic acids is 1. The molecule has 4 unspecified atom stereocenters. The maximum absolute atomic E-state index is 12.1. The molecule has 0 aromatic carbocycles. The molecule has 144 valence electrons. The van der Waals surface area contributed by atoms with Crippen LogP contribution in [-0.4, -0.2) is 70.4 Å². The highest BCUT2D eigenvalue weighted by Gasteiger charge is 2.28. The van der Waals surface area contributed by atoms with E-state index in [9.17, 15) is 24.3 Å². The molecule has 0 heterocycles. The van der Waals surface area contributed by atoms with Crippen LogP contribution in [0.1, 0.15) is 20.8 Å². The molecule has 0 bridgehead atoms. The smallest absolute Gasteiger partial charge is 0.325 e. The monoisotopic (exact) mass is 378 g/mol. The van der Waals surface area contributed by atoms with Crippen molar-refractivity contribution in [1.82, 2.24) is 16.0 Å². The number of nitrogens with two attached hydrogens (primary N) is 1. The summed E-state index contributed by atoms with van der Waals surface area (Å²) < 4.78 is 0. The predicted molar refractivity (Wildman–Crippen MR) is 92.9 cm³/mol. The first-order valence-corrected chi connectivity index (χ1v) is 8.29. The number of carboxylic acids is 1. The zero-order chi connectivity index (χ0) is 19.7. The van der Waals surface area contributed by atoms with Gasteiger partial charge in [0, 0.05) is 5.75 Å². The second-order valence-corrected chi connectivity index (χ2v) is 6.19. The Morgan fingerprint density at radius 1 is 0.960 bits per heavy atom. The van der Waals surface area contributed by atoms with Crippen LogP contribution in [0.4, 0.5) is 0 Å². The van der Waals surface area contributed by atoms with Gasteiger partial charge in [-0.15, -0.1) is 0 Å². The van der Waals surface area contributed by atoms with Crippen LogP contribution in [0.25, 0.3) is 0 Å². The van der Waals surface area contributed by atoms with Crippen LogP contribution >= 0.6 is 12.6 Å². The van der Waals surface area contributed by atoms with Gasteiger partial charge >= 0.3 is 5.97 Å². The summed E-state index contributed by atoms with van der Waals surface area (Å²) in [7, 11) is 0. The van der Waals surface area contributed by atoms with E-state index in [1.807, 2.05) is 0 Å². The number of carboxylic acid groups (broad SMARTS) is 1. The zero-order valence-electron chi connectivity index (χ0n) is 14.4. The summed E-state index contributed by atoms with van der Waals surface area (Å²) >= 11 is 3.94. The average molecular weight is 378 g/mol. The molecular formula is C14H26N4O6S. The van der Waals surface area contributed by atoms with Crippen LogP contribution in [0, 0.1) is 5.92 Å². The van der Waals surface area contributed by atoms with Crippen molar-refractivity contribution < 1.29 is 29.4 Å². The van der Waals surface area contributed by atoms with Crippen LogP contribution in [-0.2, 0) is 19.2 Å². The predicted octanol–water partition coefficient (Wildman–Crippen LogP) is -2.55. The lowest BCUT2D eigenvalue weighted by Gasteiger charge is -2.23. The van der Waals surface area contributed by atoms with Gasteiger partial charge in [0.15, 0.2) is 0 Å². The molecule has 0 aromatic heterocycles. The highest BCUT2D eigenvalue weighted by molar-refractivity contribution is 7.80. The molecule has 25 heavy (non-hydrogen) atoms. The summed E-state index contributed by atoms with van der Waals surface area (Å²) in [5, 5.41) is 24.9. The third-order valence-electron chi connectivity index (χ3n) is 3.38. The largest absolute Gasteiger partial charge is 0.480 e. The average Bonchev–Trinajstić information content (AvgIpc) is 2.55. The summed E-state index contributed by atoms with van der Waals surface area (Å²) in [4.78, 5) is 46.7. The Hall–Kier alpha value is -1.85. The number of aliphatic hydroxyl groups is 1. The minimum absolute atomic E-state index is 0.110. The van der Waals surface area contributed by atoms with E-state index in [1.54, 1.807) is 13.8 Å². The van der Waals surface area contributed by atoms with Gasteiger partial charge < -0.3 is 31.9 Å². The number of amides is 3. The fourth-order valence-electron chi connectivity index (χ4n) is 1.61. The molecule has 7 N–H and O–H groups in total. The molecule has 0 spiro atoms. The molecule has 0 aromatic rings. The topological polar surface area (TPSA) is 171 Å². The molecule has 0 aliphatic heterocycles. The van der Waals surface area contributed by atoms with Gasteiger partial charge in [0.2, 0.25) is 17.7 Å². The number of hydrogen-bond acceptors (Lipinski definition) is 7. The Kier molecular flexibility index (Phi) is 10.1. The lowest BCUT2D eigenvalue weighted by Crippen LogP contribution is -2.58. The van der Waals surface area contributed by atoms with E-state index in [0.29, 0.717) is 0 Å². The number of carbonyl (C=O) groups is 4. The molecule has 11 heteroatoms. The highest BCUT2D eigenvalue weighted by atomic mass is 32.1. The van der Waals surface area contributed by atoms with Gasteiger partial charge in [-0.3, -0.25) is 19.2 Å². The van der Waals surface area contributed by atoms with Crippen molar-refractivity contribution in [3.8, 4) is 0 Å². The first kappa shape index (κ1) is 23.1. The molecule has 0 fully saturated rings. The fraction of sp³-hybridized carbons (Fsp3) is 0.714. The maximum Gasteiger partial charge on any atom is 0.325 e. The molecule has 0 rings (SSSR count). The number of thiol groups is 1. The third-order valence-corrected chi connectivity index (χ3v) is 3.75. The van der Waals surface area contributed by atoms with Crippen molar-refractivity contribution >= 4 is 36.3 Å². The van der Waals surface area contributed by atoms with Crippen LogP contribution in [0.5, 0.6) is 0 Å². The molecular weight excluding hydrogens is 352 g/mol. The van der Waals surface area contributed by atoms with Crippen molar-refractivity contribution in [2.75, 3.05) is 12.4 Å². The van der Waals surface area contributed by atoms with Crippen LogP contribution in [0.2, 0.25) is 0 Å². The van der Waals surface area contributed by atoms with E-state index in [2.05, 4.69) is 28.6 Å². The van der Waals surface area contributed by atoms with E-state index in [0.717, 1.165) is 0 Å². The lowest BCUT2D eigenvalue weighted by molar-refractivity contribution is -0.141. The Bertz CT molecular complexity index is 502. The third kappa shape index (κ3) is 7.71. The second-order valence-electron chi connectivity index (χ2n) is 5.83. The Balaban J connectivity index is 4.84. The summed E-state index contributed by atoms with van der Waals surface area (Å²) in [6.07, 6.45) is 0. The highest BCUT2D eigenvalue weighted by Crippen LogP contribution is 1.99. The number of carbonyl (C=O) groups excluding carboxylic acids is 3. The van der Waals surface area contributed by atoms with Gasteiger partial charge in [0.05, 0.1) is 12.6 Å². The molecule has 0 aliphatic rings. The van der Waals surface area contributed by atoms with Gasteiger partial charge in [-0.2, -0.15) is 12.6 Å². The molecule has 0 radical (unpaired) electrons. The van der Waals surface area contributed by atoms with E-state index in [-0.39, 0.29) is 11.7 Å². The standard InChI is InChI=1S/C14H26N4O6S/c1-6(2)10(15)13(22)17-8(4-19)11(20)18-9(5-25)12(21)16-7(3)14(23)24/h6-10,19,25H,4-5,15H2,1-3H3,(H,16,21)(H,17,22)(H,18,20)(H,23,24). The molecule has 0 saturated heterocycles. The number of nitrogens with one attached hydrogen (secondary N) is 3. The van der Waals surface area contributed by atoms with E-state index in [4.69, 9.17) is 10.8 Å². The van der Waals surface area contributed by atoms with Crippen molar-refractivity contribution in [3.05, 3.63) is 0 Å². The van der Waals surface area contributed by atoms with Crippen LogP contribution < -0.4 is 21.7 Å². The van der Waals surface area contributed by atoms with Crippen molar-refractivity contribution in [3.63, 3.8) is 0 Å². The summed E-state index contributed by atoms with van der Waals surface area (Å²) in [6, 6.07) is -4.45. The van der Waals surface area contributed by atoms with Crippen molar-refractivity contribution in [2.24, 2.45) is 11.7 Å². The van der Waals surface area contributed by atoms with Gasteiger partial charge in [-0.25, -0.2) is 0 Å². The SMILES string of the molecule is CC(NC(=O)C(CS)NC(=O)C(CO)NC(=O)C(N)C(C)C)C(=O)O. The summed E-state index contributed by atoms with van der Waals surface area (Å²) in [6.45, 7) is 4.02. The minimum atomic E-state index is -1.30. The maximum atomic E-state index is 12.1. The Morgan fingerprint density at radius 3 is 1.84 bits per heavy atom. The Labute approximate surface area is 151 Å². The van der Waals surface area contributed by atoms with Gasteiger partial charge in [0.25, 0.3) is 0 Å². The fourth-order valence-corrected chi connectivity index (χ4v) is 1.86. The first-order valence-electron chi connectivity index (χ1n) is 7.66. The van der Waals surface area contributed by atoms with E-state index in [1.165, 1.54) is 6.92 Å². The number of rotatable bonds is 10. The molecule has 4 atom stereocenters. The van der Waals surface area contributed by atoms with Crippen molar-refractivity contribution in [2.45, 2.75) is 44.9 Å². The number of hydrogen-bond donors (Lipinski definition) is 7. The second kappa shape index (κ2) is 10.9. The van der Waals surface area contributed by atoms with Crippen LogP contribution in [0.3, 0.4) is 0 Å². The summed E-state index contributed by atoms with van der Waals surface area (Å²) in [5.41, 5.74) is 5.66. The lowest BCUT2D eigenvalue weighted by atomic mass is 10.0. The Morgan fingerprint density at radius 2 is 1.44 bits per heavy atom. The normalized spacial score (nSPS) is 15.6. The number of aliphatic hydroxyl groups excluding tert-OH is 1. The van der Waals surface area contributed by atoms with E-state index >= 15 is 0 Å². The van der Waals surface area contributed by atoms with Gasteiger partial charge in [0.1, 0.15) is 18.1 Å². The molecule has 10 nitrogen and oxygen atoms in total. The van der Waals surface area contributed by atoms with Crippen LogP contribution in [0.15, 0.2) is 0 Å². The van der Waals surface area contributed by atoms with Crippen molar-refractivity contribution in [1.29, 1.82) is 0 Å². The van der Waals surface area contributed by atoms with Gasteiger partial charge in [-0.05, 0) is 12.8 Å². The first-order chi connectivity index (χ1) is 11.5. The minimum Gasteiger partial charge on any atom is -0.480 e. The zero-order valence-corrected chi connectivity index (χ0v) is 15.2. The molecule has 0 aliphatic carbocycles. The molecule has 3 amide bonds. The van der Waals surface area contributed by atoms with E-state index < -0.39 is 54.5 Å². The quantitative estimate of drug-likeness (QED) is 0.205. The van der Waals surface area contributed by atoms with Gasteiger partial charge in [-0.1, -0.05) is 13.8 Å². The summed E-state index contributed by atoms with van der Waals surface area (Å²) in [5.74, 6) is -3.70.